The number of nitrogens with zero attached hydrogens (tertiary/aromatic N) is 1. The Balaban J connectivity index is 2.48. The van der Waals surface area contributed by atoms with Gasteiger partial charge in [0, 0.05) is 6.61 Å². The van der Waals surface area contributed by atoms with Gasteiger partial charge in [-0.1, -0.05) is 6.92 Å². The zero-order valence-corrected chi connectivity index (χ0v) is 6.96. The second kappa shape index (κ2) is 3.21. The Morgan fingerprint density at radius 2 is 2.36 bits per heavy atom. The SMILES string of the molecule is CCOC(C#N)C1(C)COC1. The van der Waals surface area contributed by atoms with Gasteiger partial charge in [0.1, 0.15) is 0 Å². The molecule has 1 atom stereocenters. The van der Waals surface area contributed by atoms with E-state index in [1.165, 1.54) is 0 Å². The van der Waals surface area contributed by atoms with Crippen LogP contribution in [0, 0.1) is 16.7 Å². The van der Waals surface area contributed by atoms with Gasteiger partial charge in [-0.15, -0.1) is 0 Å². The van der Waals surface area contributed by atoms with Crippen LogP contribution < -0.4 is 0 Å². The van der Waals surface area contributed by atoms with Crippen LogP contribution in [0.3, 0.4) is 0 Å². The van der Waals surface area contributed by atoms with Crippen molar-refractivity contribution in [3.05, 3.63) is 0 Å². The number of hydrogen-bond donors (Lipinski definition) is 0. The summed E-state index contributed by atoms with van der Waals surface area (Å²) in [6.07, 6.45) is -0.304. The van der Waals surface area contributed by atoms with Crippen molar-refractivity contribution in [1.29, 1.82) is 5.26 Å². The Morgan fingerprint density at radius 3 is 2.64 bits per heavy atom. The first kappa shape index (κ1) is 8.51. The first-order chi connectivity index (χ1) is 5.23. The van der Waals surface area contributed by atoms with Crippen molar-refractivity contribution in [1.82, 2.24) is 0 Å². The molecule has 0 saturated carbocycles. The molecule has 1 aliphatic rings. The van der Waals surface area contributed by atoms with Crippen molar-refractivity contribution in [2.45, 2.75) is 20.0 Å². The third kappa shape index (κ3) is 1.52. The summed E-state index contributed by atoms with van der Waals surface area (Å²) < 4.78 is 10.3. The van der Waals surface area contributed by atoms with Gasteiger partial charge in [-0.25, -0.2) is 0 Å². The third-order valence-electron chi connectivity index (χ3n) is 1.95. The van der Waals surface area contributed by atoms with E-state index in [1.807, 2.05) is 13.8 Å². The summed E-state index contributed by atoms with van der Waals surface area (Å²) in [6.45, 7) is 5.79. The maximum Gasteiger partial charge on any atom is 0.153 e. The normalized spacial score (nSPS) is 23.4. The van der Waals surface area contributed by atoms with Gasteiger partial charge >= 0.3 is 0 Å². The standard InChI is InChI=1S/C8H13NO2/c1-3-11-7(4-9)8(2)5-10-6-8/h7H,3,5-6H2,1-2H3. The second-order valence-electron chi connectivity index (χ2n) is 3.11. The van der Waals surface area contributed by atoms with Crippen molar-refractivity contribution in [3.63, 3.8) is 0 Å². The molecule has 0 amide bonds. The summed E-state index contributed by atoms with van der Waals surface area (Å²) in [6, 6.07) is 2.14. The number of nitriles is 1. The molecule has 0 radical (unpaired) electrons. The molecule has 11 heavy (non-hydrogen) atoms. The summed E-state index contributed by atoms with van der Waals surface area (Å²) in [5, 5.41) is 8.73. The maximum absolute atomic E-state index is 8.73. The van der Waals surface area contributed by atoms with Crippen molar-refractivity contribution in [2.24, 2.45) is 5.41 Å². The minimum atomic E-state index is -0.304. The fourth-order valence-electron chi connectivity index (χ4n) is 1.14. The van der Waals surface area contributed by atoms with Gasteiger partial charge in [0.25, 0.3) is 0 Å². The largest absolute Gasteiger partial charge is 0.380 e. The van der Waals surface area contributed by atoms with Crippen molar-refractivity contribution >= 4 is 0 Å². The quantitative estimate of drug-likeness (QED) is 0.609. The Kier molecular flexibility index (Phi) is 2.48. The van der Waals surface area contributed by atoms with Crippen LogP contribution >= 0.6 is 0 Å². The lowest BCUT2D eigenvalue weighted by molar-refractivity contribution is -0.159. The lowest BCUT2D eigenvalue weighted by atomic mass is 9.83. The van der Waals surface area contributed by atoms with Gasteiger partial charge in [-0.2, -0.15) is 5.26 Å². The molecule has 1 fully saturated rings. The van der Waals surface area contributed by atoms with Crippen molar-refractivity contribution < 1.29 is 9.47 Å². The number of hydrogen-bond acceptors (Lipinski definition) is 3. The highest BCUT2D eigenvalue weighted by Crippen LogP contribution is 2.32. The van der Waals surface area contributed by atoms with E-state index in [0.29, 0.717) is 19.8 Å². The summed E-state index contributed by atoms with van der Waals surface area (Å²) in [5.74, 6) is 0. The molecule has 0 aliphatic carbocycles. The molecule has 3 heteroatoms. The second-order valence-corrected chi connectivity index (χ2v) is 3.11. The average Bonchev–Trinajstić information content (AvgIpc) is 1.96. The molecular formula is C8H13NO2. The van der Waals surface area contributed by atoms with Crippen LogP contribution in [0.2, 0.25) is 0 Å². The first-order valence-corrected chi connectivity index (χ1v) is 3.82. The number of rotatable bonds is 3. The fraction of sp³-hybridized carbons (Fsp3) is 0.875. The van der Waals surface area contributed by atoms with E-state index in [9.17, 15) is 0 Å². The Bertz CT molecular complexity index is 169. The van der Waals surface area contributed by atoms with Gasteiger partial charge < -0.3 is 9.47 Å². The van der Waals surface area contributed by atoms with Crippen LogP contribution in [-0.2, 0) is 9.47 Å². The van der Waals surface area contributed by atoms with Crippen molar-refractivity contribution in [3.8, 4) is 6.07 Å². The monoisotopic (exact) mass is 155 g/mol. The summed E-state index contributed by atoms with van der Waals surface area (Å²) in [7, 11) is 0. The fourth-order valence-corrected chi connectivity index (χ4v) is 1.14. The molecule has 0 spiro atoms. The van der Waals surface area contributed by atoms with E-state index >= 15 is 0 Å². The molecule has 62 valence electrons. The Labute approximate surface area is 66.9 Å². The Hall–Kier alpha value is -0.590. The highest BCUT2D eigenvalue weighted by molar-refractivity contribution is 5.01. The zero-order chi connectivity index (χ0) is 8.32. The minimum Gasteiger partial charge on any atom is -0.380 e. The van der Waals surface area contributed by atoms with Crippen LogP contribution in [0.4, 0.5) is 0 Å². The van der Waals surface area contributed by atoms with E-state index in [-0.39, 0.29) is 11.5 Å². The third-order valence-corrected chi connectivity index (χ3v) is 1.95. The average molecular weight is 155 g/mol. The molecule has 0 aromatic heterocycles. The first-order valence-electron chi connectivity index (χ1n) is 3.82. The van der Waals surface area contributed by atoms with Crippen LogP contribution in [0.15, 0.2) is 0 Å². The highest BCUT2D eigenvalue weighted by Gasteiger charge is 2.42. The van der Waals surface area contributed by atoms with E-state index in [2.05, 4.69) is 6.07 Å². The zero-order valence-electron chi connectivity index (χ0n) is 6.96. The van der Waals surface area contributed by atoms with Gasteiger partial charge in [0.2, 0.25) is 0 Å². The molecule has 1 aliphatic heterocycles. The van der Waals surface area contributed by atoms with Crippen LogP contribution in [-0.4, -0.2) is 25.9 Å². The smallest absolute Gasteiger partial charge is 0.153 e. The number of ether oxygens (including phenoxy) is 2. The lowest BCUT2D eigenvalue weighted by Gasteiger charge is -2.40. The van der Waals surface area contributed by atoms with E-state index < -0.39 is 0 Å². The van der Waals surface area contributed by atoms with Gasteiger partial charge in [0.05, 0.1) is 24.7 Å². The summed E-state index contributed by atoms with van der Waals surface area (Å²) in [5.41, 5.74) is -0.0647. The lowest BCUT2D eigenvalue weighted by Crippen LogP contribution is -2.49. The van der Waals surface area contributed by atoms with E-state index in [4.69, 9.17) is 14.7 Å². The molecule has 1 rings (SSSR count). The molecule has 1 unspecified atom stereocenters. The molecule has 3 nitrogen and oxygen atoms in total. The maximum atomic E-state index is 8.73. The highest BCUT2D eigenvalue weighted by atomic mass is 16.5. The van der Waals surface area contributed by atoms with Crippen LogP contribution in [0.25, 0.3) is 0 Å². The molecule has 1 heterocycles. The molecule has 0 aromatic carbocycles. The predicted octanol–water partition coefficient (Wildman–Crippen LogP) is 0.952. The molecule has 0 bridgehead atoms. The molecule has 0 N–H and O–H groups in total. The summed E-state index contributed by atoms with van der Waals surface area (Å²) in [4.78, 5) is 0. The van der Waals surface area contributed by atoms with E-state index in [1.54, 1.807) is 0 Å². The van der Waals surface area contributed by atoms with Gasteiger partial charge in [-0.05, 0) is 6.92 Å². The topological polar surface area (TPSA) is 42.2 Å². The Morgan fingerprint density at radius 1 is 1.73 bits per heavy atom. The van der Waals surface area contributed by atoms with Gasteiger partial charge in [0.15, 0.2) is 6.10 Å². The van der Waals surface area contributed by atoms with Crippen LogP contribution in [0.5, 0.6) is 0 Å². The predicted molar refractivity (Wildman–Crippen MR) is 40.0 cm³/mol. The van der Waals surface area contributed by atoms with E-state index in [0.717, 1.165) is 0 Å². The molecule has 1 saturated heterocycles. The summed E-state index contributed by atoms with van der Waals surface area (Å²) >= 11 is 0. The minimum absolute atomic E-state index is 0.0647. The van der Waals surface area contributed by atoms with Gasteiger partial charge in [-0.3, -0.25) is 0 Å². The van der Waals surface area contributed by atoms with Crippen LogP contribution in [0.1, 0.15) is 13.8 Å². The molecular weight excluding hydrogens is 142 g/mol. The molecule has 0 aromatic rings. The van der Waals surface area contributed by atoms with Crippen molar-refractivity contribution in [2.75, 3.05) is 19.8 Å².